The fourth-order valence-corrected chi connectivity index (χ4v) is 1.13. The minimum atomic E-state index is 0.627. The van der Waals surface area contributed by atoms with Crippen molar-refractivity contribution in [3.05, 3.63) is 23.3 Å². The number of allylic oxidation sites excluding steroid dienone is 4. The second-order valence-corrected chi connectivity index (χ2v) is 2.85. The highest BCUT2D eigenvalue weighted by molar-refractivity contribution is 6.23. The van der Waals surface area contributed by atoms with Gasteiger partial charge in [0.25, 0.3) is 0 Å². The van der Waals surface area contributed by atoms with E-state index in [4.69, 9.17) is 10.5 Å². The van der Waals surface area contributed by atoms with Gasteiger partial charge in [-0.15, -0.1) is 0 Å². The Labute approximate surface area is 82.2 Å². The highest BCUT2D eigenvalue weighted by Gasteiger charge is 2.10. The molecular formula is C10H8N4. The van der Waals surface area contributed by atoms with Crippen molar-refractivity contribution in [2.75, 3.05) is 0 Å². The number of hydrogen-bond donors (Lipinski definition) is 0. The van der Waals surface area contributed by atoms with Crippen LogP contribution in [-0.2, 0) is 0 Å². The lowest BCUT2D eigenvalue weighted by atomic mass is 9.98. The number of hydrogen-bond acceptors (Lipinski definition) is 4. The van der Waals surface area contributed by atoms with Gasteiger partial charge < -0.3 is 0 Å². The molecule has 4 nitrogen and oxygen atoms in total. The molecule has 1 aliphatic carbocycles. The van der Waals surface area contributed by atoms with Crippen molar-refractivity contribution in [2.45, 2.75) is 13.8 Å². The summed E-state index contributed by atoms with van der Waals surface area (Å²) in [5.74, 6) is 0. The molecule has 0 unspecified atom stereocenters. The Hall–Kier alpha value is -2.20. The average Bonchev–Trinajstić information content (AvgIpc) is 2.14. The molecule has 0 aromatic heterocycles. The number of nitrogens with zero attached hydrogens (tertiary/aromatic N) is 4. The summed E-state index contributed by atoms with van der Waals surface area (Å²) in [6, 6.07) is 0. The van der Waals surface area contributed by atoms with Crippen LogP contribution in [0.3, 0.4) is 0 Å². The highest BCUT2D eigenvalue weighted by Crippen LogP contribution is 2.13. The van der Waals surface area contributed by atoms with Crippen LogP contribution in [0.15, 0.2) is 33.3 Å². The van der Waals surface area contributed by atoms with Gasteiger partial charge in [0.2, 0.25) is 12.4 Å². The molecule has 0 heterocycles. The number of rotatable bonds is 0. The summed E-state index contributed by atoms with van der Waals surface area (Å²) in [7, 11) is 0. The third kappa shape index (κ3) is 1.94. The van der Waals surface area contributed by atoms with Crippen LogP contribution in [0.25, 0.3) is 0 Å². The normalized spacial score (nSPS) is 21.1. The van der Waals surface area contributed by atoms with E-state index in [0.717, 1.165) is 11.1 Å². The summed E-state index contributed by atoms with van der Waals surface area (Å²) >= 11 is 0. The van der Waals surface area contributed by atoms with Crippen molar-refractivity contribution in [3.8, 4) is 12.4 Å². The molecule has 0 amide bonds. The van der Waals surface area contributed by atoms with Gasteiger partial charge >= 0.3 is 0 Å². The molecule has 0 saturated carbocycles. The van der Waals surface area contributed by atoms with Gasteiger partial charge in [0.1, 0.15) is 0 Å². The van der Waals surface area contributed by atoms with Gasteiger partial charge in [-0.25, -0.2) is 0 Å². The lowest BCUT2D eigenvalue weighted by molar-refractivity contribution is 1.39. The molecular weight excluding hydrogens is 176 g/mol. The van der Waals surface area contributed by atoms with E-state index in [2.05, 4.69) is 9.98 Å². The third-order valence-electron chi connectivity index (χ3n) is 1.86. The molecule has 1 aliphatic rings. The van der Waals surface area contributed by atoms with Gasteiger partial charge in [0, 0.05) is 0 Å². The summed E-state index contributed by atoms with van der Waals surface area (Å²) < 4.78 is 0. The lowest BCUT2D eigenvalue weighted by Crippen LogP contribution is -2.10. The van der Waals surface area contributed by atoms with E-state index in [1.807, 2.05) is 13.8 Å². The van der Waals surface area contributed by atoms with Gasteiger partial charge in [-0.05, 0) is 37.1 Å². The molecule has 0 aromatic carbocycles. The van der Waals surface area contributed by atoms with E-state index >= 15 is 0 Å². The zero-order valence-corrected chi connectivity index (χ0v) is 7.94. The lowest BCUT2D eigenvalue weighted by Gasteiger charge is -2.09. The molecule has 0 radical (unpaired) electrons. The minimum absolute atomic E-state index is 0.627. The Morgan fingerprint density at radius 3 is 1.57 bits per heavy atom. The summed E-state index contributed by atoms with van der Waals surface area (Å²) in [5.41, 5.74) is 2.93. The molecule has 14 heavy (non-hydrogen) atoms. The van der Waals surface area contributed by atoms with Gasteiger partial charge in [0.05, 0.1) is 11.4 Å². The molecule has 4 heteroatoms. The summed E-state index contributed by atoms with van der Waals surface area (Å²) in [5, 5.41) is 16.8. The molecule has 0 aliphatic heterocycles. The first-order chi connectivity index (χ1) is 6.69. The van der Waals surface area contributed by atoms with Crippen LogP contribution in [0.1, 0.15) is 13.8 Å². The van der Waals surface area contributed by atoms with Gasteiger partial charge in [0.15, 0.2) is 0 Å². The van der Waals surface area contributed by atoms with Crippen LogP contribution in [0, 0.1) is 22.9 Å². The second kappa shape index (κ2) is 4.15. The Morgan fingerprint density at radius 1 is 0.929 bits per heavy atom. The third-order valence-corrected chi connectivity index (χ3v) is 1.86. The predicted octanol–water partition coefficient (Wildman–Crippen LogP) is 1.74. The first-order valence-corrected chi connectivity index (χ1v) is 4.00. The van der Waals surface area contributed by atoms with Crippen LogP contribution < -0.4 is 0 Å². The standard InChI is InChI=1S/C10H8N4/c1-7-3-10(14-6-12)8(2)4-9(7)13-5-11/h3-4H,1-2H3. The number of aliphatic imine (C=N–C) groups is 2. The predicted molar refractivity (Wildman–Crippen MR) is 53.6 cm³/mol. The summed E-state index contributed by atoms with van der Waals surface area (Å²) in [4.78, 5) is 7.30. The van der Waals surface area contributed by atoms with E-state index in [1.54, 1.807) is 24.5 Å². The fraction of sp³-hybridized carbons (Fsp3) is 0.200. The Morgan fingerprint density at radius 2 is 1.29 bits per heavy atom. The molecule has 0 saturated heterocycles. The zero-order valence-electron chi connectivity index (χ0n) is 7.94. The highest BCUT2D eigenvalue weighted by atomic mass is 14.8. The Bertz CT molecular complexity index is 405. The van der Waals surface area contributed by atoms with Crippen molar-refractivity contribution >= 4 is 11.4 Å². The first-order valence-electron chi connectivity index (χ1n) is 4.00. The average molecular weight is 184 g/mol. The van der Waals surface area contributed by atoms with Crippen LogP contribution in [0.2, 0.25) is 0 Å². The molecule has 0 fully saturated rings. The quantitative estimate of drug-likeness (QED) is 0.425. The van der Waals surface area contributed by atoms with Gasteiger partial charge in [-0.3, -0.25) is 0 Å². The topological polar surface area (TPSA) is 72.3 Å². The molecule has 0 bridgehead atoms. The van der Waals surface area contributed by atoms with E-state index in [1.165, 1.54) is 0 Å². The molecule has 0 aromatic rings. The maximum atomic E-state index is 8.42. The van der Waals surface area contributed by atoms with Crippen molar-refractivity contribution in [1.29, 1.82) is 10.5 Å². The van der Waals surface area contributed by atoms with Gasteiger partial charge in [-0.1, -0.05) is 0 Å². The number of nitriles is 2. The fourth-order valence-electron chi connectivity index (χ4n) is 1.13. The molecule has 1 rings (SSSR count). The van der Waals surface area contributed by atoms with E-state index in [-0.39, 0.29) is 0 Å². The smallest absolute Gasteiger partial charge is 0.173 e. The summed E-state index contributed by atoms with van der Waals surface area (Å²) in [6.07, 6.45) is 6.96. The van der Waals surface area contributed by atoms with Crippen molar-refractivity contribution < 1.29 is 0 Å². The van der Waals surface area contributed by atoms with Crippen LogP contribution >= 0.6 is 0 Å². The molecule has 0 N–H and O–H groups in total. The van der Waals surface area contributed by atoms with Gasteiger partial charge in [-0.2, -0.15) is 20.5 Å². The Balaban J connectivity index is 3.17. The molecule has 0 spiro atoms. The largest absolute Gasteiger partial charge is 0.206 e. The van der Waals surface area contributed by atoms with E-state index in [9.17, 15) is 0 Å². The maximum Gasteiger partial charge on any atom is 0.206 e. The Kier molecular flexibility index (Phi) is 2.93. The van der Waals surface area contributed by atoms with Crippen molar-refractivity contribution in [2.24, 2.45) is 9.98 Å². The van der Waals surface area contributed by atoms with E-state index < -0.39 is 0 Å². The van der Waals surface area contributed by atoms with Crippen LogP contribution in [-0.4, -0.2) is 11.4 Å². The second-order valence-electron chi connectivity index (χ2n) is 2.85. The summed E-state index contributed by atoms with van der Waals surface area (Å²) in [6.45, 7) is 3.65. The maximum absolute atomic E-state index is 8.42. The van der Waals surface area contributed by atoms with Crippen molar-refractivity contribution in [1.82, 2.24) is 0 Å². The van der Waals surface area contributed by atoms with Crippen LogP contribution in [0.5, 0.6) is 0 Å². The minimum Gasteiger partial charge on any atom is -0.173 e. The monoisotopic (exact) mass is 184 g/mol. The first kappa shape index (κ1) is 9.88. The van der Waals surface area contributed by atoms with E-state index in [0.29, 0.717) is 11.4 Å². The van der Waals surface area contributed by atoms with Crippen molar-refractivity contribution in [3.63, 3.8) is 0 Å². The van der Waals surface area contributed by atoms with Crippen LogP contribution in [0.4, 0.5) is 0 Å². The molecule has 68 valence electrons. The zero-order chi connectivity index (χ0) is 10.6. The molecule has 0 atom stereocenters. The SMILES string of the molecule is CC1=CC(=NC#N)C(C)=CC1=NC#N.